The zero-order valence-electron chi connectivity index (χ0n) is 14.1. The molecule has 1 aliphatic carbocycles. The zero-order chi connectivity index (χ0) is 16.7. The second-order valence-corrected chi connectivity index (χ2v) is 6.86. The van der Waals surface area contributed by atoms with Gasteiger partial charge in [0.2, 0.25) is 0 Å². The summed E-state index contributed by atoms with van der Waals surface area (Å²) < 4.78 is 1.65. The van der Waals surface area contributed by atoms with E-state index in [1.807, 2.05) is 0 Å². The lowest BCUT2D eigenvalue weighted by molar-refractivity contribution is 0.192. The first kappa shape index (κ1) is 15.3. The van der Waals surface area contributed by atoms with E-state index in [0.29, 0.717) is 18.5 Å². The van der Waals surface area contributed by atoms with Crippen LogP contribution in [0.5, 0.6) is 0 Å². The summed E-state index contributed by atoms with van der Waals surface area (Å²) in [6.07, 6.45) is 5.61. The van der Waals surface area contributed by atoms with Gasteiger partial charge in [0.05, 0.1) is 17.6 Å². The molecule has 0 N–H and O–H groups in total. The highest BCUT2D eigenvalue weighted by atomic mass is 16.1. The predicted molar refractivity (Wildman–Crippen MR) is 91.0 cm³/mol. The standard InChI is InChI=1S/C17H22N6O/c1-21(9-13-7-18-8-17(24)22(13)2)14-10-23(11-14)16-6-5-15(19-20-16)12-3-4-12/h5-8,12,14H,3-4,9-11H2,1-2H3. The Morgan fingerprint density at radius 3 is 2.67 bits per heavy atom. The van der Waals surface area contributed by atoms with Crippen LogP contribution in [0.2, 0.25) is 0 Å². The van der Waals surface area contributed by atoms with Crippen molar-refractivity contribution in [1.82, 2.24) is 24.6 Å². The quantitative estimate of drug-likeness (QED) is 0.808. The van der Waals surface area contributed by atoms with E-state index in [1.54, 1.807) is 17.8 Å². The van der Waals surface area contributed by atoms with E-state index in [4.69, 9.17) is 0 Å². The van der Waals surface area contributed by atoms with Crippen LogP contribution in [-0.2, 0) is 13.6 Å². The molecule has 3 heterocycles. The van der Waals surface area contributed by atoms with E-state index >= 15 is 0 Å². The Morgan fingerprint density at radius 1 is 1.21 bits per heavy atom. The molecule has 2 fully saturated rings. The molecule has 1 saturated heterocycles. The number of likely N-dealkylation sites (N-methyl/N-ethyl adjacent to an activating group) is 1. The first-order chi connectivity index (χ1) is 11.6. The average Bonchev–Trinajstić information content (AvgIpc) is 3.36. The number of anilines is 1. The summed E-state index contributed by atoms with van der Waals surface area (Å²) in [7, 11) is 3.87. The van der Waals surface area contributed by atoms with E-state index in [9.17, 15) is 4.79 Å². The van der Waals surface area contributed by atoms with Gasteiger partial charge in [0, 0.05) is 44.8 Å². The fraction of sp³-hybridized carbons (Fsp3) is 0.529. The van der Waals surface area contributed by atoms with Gasteiger partial charge in [-0.25, -0.2) is 0 Å². The maximum Gasteiger partial charge on any atom is 0.268 e. The van der Waals surface area contributed by atoms with Crippen molar-refractivity contribution >= 4 is 5.82 Å². The van der Waals surface area contributed by atoms with Gasteiger partial charge in [-0.05, 0) is 32.0 Å². The van der Waals surface area contributed by atoms with Gasteiger partial charge in [0.15, 0.2) is 5.82 Å². The van der Waals surface area contributed by atoms with Gasteiger partial charge in [-0.2, -0.15) is 5.10 Å². The van der Waals surface area contributed by atoms with Gasteiger partial charge >= 0.3 is 0 Å². The van der Waals surface area contributed by atoms with Gasteiger partial charge in [0.25, 0.3) is 5.56 Å². The van der Waals surface area contributed by atoms with Crippen LogP contribution in [-0.4, -0.2) is 50.8 Å². The van der Waals surface area contributed by atoms with Crippen molar-refractivity contribution in [3.05, 3.63) is 46.3 Å². The lowest BCUT2D eigenvalue weighted by Crippen LogP contribution is -2.58. The molecule has 7 nitrogen and oxygen atoms in total. The number of rotatable bonds is 5. The Morgan fingerprint density at radius 2 is 2.00 bits per heavy atom. The molecule has 0 amide bonds. The fourth-order valence-corrected chi connectivity index (χ4v) is 3.06. The van der Waals surface area contributed by atoms with Gasteiger partial charge in [-0.15, -0.1) is 5.10 Å². The molecule has 0 atom stereocenters. The summed E-state index contributed by atoms with van der Waals surface area (Å²) in [6.45, 7) is 2.58. The highest BCUT2D eigenvalue weighted by Crippen LogP contribution is 2.38. The molecule has 1 aliphatic heterocycles. The van der Waals surface area contributed by atoms with Crippen LogP contribution >= 0.6 is 0 Å². The van der Waals surface area contributed by atoms with Crippen LogP contribution in [0.25, 0.3) is 0 Å². The fourth-order valence-electron chi connectivity index (χ4n) is 3.06. The largest absolute Gasteiger partial charge is 0.352 e. The minimum absolute atomic E-state index is 0.0674. The Hall–Kier alpha value is -2.28. The second-order valence-electron chi connectivity index (χ2n) is 6.86. The molecule has 0 radical (unpaired) electrons. The molecule has 1 saturated carbocycles. The molecule has 2 aromatic rings. The van der Waals surface area contributed by atoms with Crippen molar-refractivity contribution in [3.63, 3.8) is 0 Å². The van der Waals surface area contributed by atoms with Crippen molar-refractivity contribution in [2.24, 2.45) is 7.05 Å². The van der Waals surface area contributed by atoms with Crippen LogP contribution in [0.15, 0.2) is 29.3 Å². The number of hydrogen-bond donors (Lipinski definition) is 0. The molecule has 2 aromatic heterocycles. The number of nitrogens with zero attached hydrogens (tertiary/aromatic N) is 6. The van der Waals surface area contributed by atoms with Crippen molar-refractivity contribution < 1.29 is 0 Å². The van der Waals surface area contributed by atoms with Gasteiger partial charge < -0.3 is 9.47 Å². The second kappa shape index (κ2) is 5.98. The molecule has 126 valence electrons. The van der Waals surface area contributed by atoms with Crippen molar-refractivity contribution in [1.29, 1.82) is 0 Å². The van der Waals surface area contributed by atoms with Crippen LogP contribution in [0.4, 0.5) is 5.82 Å². The van der Waals surface area contributed by atoms with E-state index < -0.39 is 0 Å². The van der Waals surface area contributed by atoms with Crippen molar-refractivity contribution in [2.45, 2.75) is 31.3 Å². The first-order valence-electron chi connectivity index (χ1n) is 8.40. The predicted octanol–water partition coefficient (Wildman–Crippen LogP) is 0.768. The minimum Gasteiger partial charge on any atom is -0.352 e. The maximum atomic E-state index is 11.7. The van der Waals surface area contributed by atoms with E-state index in [0.717, 1.165) is 30.3 Å². The Balaban J connectivity index is 1.34. The summed E-state index contributed by atoms with van der Waals surface area (Å²) >= 11 is 0. The van der Waals surface area contributed by atoms with Gasteiger partial charge in [-0.3, -0.25) is 14.7 Å². The van der Waals surface area contributed by atoms with Gasteiger partial charge in [0.1, 0.15) is 0 Å². The third-order valence-electron chi connectivity index (χ3n) is 5.06. The highest BCUT2D eigenvalue weighted by molar-refractivity contribution is 5.42. The lowest BCUT2D eigenvalue weighted by atomic mass is 10.1. The summed E-state index contributed by atoms with van der Waals surface area (Å²) in [5.74, 6) is 1.60. The number of hydrogen-bond acceptors (Lipinski definition) is 6. The summed E-state index contributed by atoms with van der Waals surface area (Å²) in [5.41, 5.74) is 1.99. The molecule has 0 bridgehead atoms. The van der Waals surface area contributed by atoms with Crippen LogP contribution in [0, 0.1) is 0 Å². The number of aromatic nitrogens is 4. The first-order valence-corrected chi connectivity index (χ1v) is 8.40. The monoisotopic (exact) mass is 326 g/mol. The molecule has 2 aliphatic rings. The topological polar surface area (TPSA) is 67.2 Å². The molecule has 0 spiro atoms. The Labute approximate surface area is 140 Å². The summed E-state index contributed by atoms with van der Waals surface area (Å²) in [5, 5.41) is 8.72. The summed E-state index contributed by atoms with van der Waals surface area (Å²) in [6, 6.07) is 4.65. The minimum atomic E-state index is -0.0674. The Bertz CT molecular complexity index is 776. The normalized spacial score (nSPS) is 18.0. The third-order valence-corrected chi connectivity index (χ3v) is 5.06. The molecule has 0 unspecified atom stereocenters. The molecular weight excluding hydrogens is 304 g/mol. The van der Waals surface area contributed by atoms with Crippen LogP contribution in [0.1, 0.15) is 30.1 Å². The SMILES string of the molecule is CN(Cc1cncc(=O)n1C)C1CN(c2ccc(C3CC3)nn2)C1. The molecular formula is C17H22N6O. The Kier molecular flexibility index (Phi) is 3.80. The van der Waals surface area contributed by atoms with Crippen LogP contribution in [0.3, 0.4) is 0 Å². The lowest BCUT2D eigenvalue weighted by Gasteiger charge is -2.44. The van der Waals surface area contributed by atoms with E-state index in [-0.39, 0.29) is 5.56 Å². The molecule has 24 heavy (non-hydrogen) atoms. The highest BCUT2D eigenvalue weighted by Gasteiger charge is 2.32. The smallest absolute Gasteiger partial charge is 0.268 e. The third kappa shape index (κ3) is 2.91. The molecule has 0 aromatic carbocycles. The van der Waals surface area contributed by atoms with E-state index in [1.165, 1.54) is 19.0 Å². The summed E-state index contributed by atoms with van der Waals surface area (Å²) in [4.78, 5) is 20.2. The van der Waals surface area contributed by atoms with Crippen molar-refractivity contribution in [3.8, 4) is 0 Å². The average molecular weight is 326 g/mol. The van der Waals surface area contributed by atoms with Crippen LogP contribution < -0.4 is 10.5 Å². The molecule has 4 rings (SSSR count). The van der Waals surface area contributed by atoms with Crippen molar-refractivity contribution in [2.75, 3.05) is 25.0 Å². The van der Waals surface area contributed by atoms with Gasteiger partial charge in [-0.1, -0.05) is 0 Å². The molecule has 7 heteroatoms. The zero-order valence-corrected chi connectivity index (χ0v) is 14.1. The van der Waals surface area contributed by atoms with E-state index in [2.05, 4.69) is 44.2 Å². The maximum absolute atomic E-state index is 11.7.